The molecular formula is C45H49ClN8O5. The average molecular weight is 817 g/mol. The van der Waals surface area contributed by atoms with E-state index in [1.165, 1.54) is 0 Å². The lowest BCUT2D eigenvalue weighted by Crippen LogP contribution is -2.54. The monoisotopic (exact) mass is 816 g/mol. The lowest BCUT2D eigenvalue weighted by molar-refractivity contribution is -0.136. The highest BCUT2D eigenvalue weighted by Crippen LogP contribution is 2.48. The molecule has 0 radical (unpaired) electrons. The van der Waals surface area contributed by atoms with Crippen LogP contribution in [-0.4, -0.2) is 121 Å². The molecule has 5 saturated heterocycles. The quantitative estimate of drug-likeness (QED) is 0.250. The minimum Gasteiger partial charge on any atom is -0.371 e. The second kappa shape index (κ2) is 15.6. The third-order valence-corrected chi connectivity index (χ3v) is 14.5. The molecule has 1 N–H and O–H groups in total. The molecule has 5 fully saturated rings. The maximum atomic E-state index is 13.6. The molecule has 6 aliphatic rings. The number of anilines is 3. The Labute approximate surface area is 349 Å². The highest BCUT2D eigenvalue weighted by molar-refractivity contribution is 6.33. The van der Waals surface area contributed by atoms with Gasteiger partial charge in [0.25, 0.3) is 17.7 Å². The Morgan fingerprint density at radius 1 is 0.746 bits per heavy atom. The van der Waals surface area contributed by atoms with Gasteiger partial charge in [-0.05, 0) is 105 Å². The molecule has 6 aliphatic heterocycles. The number of carbonyl (C=O) groups excluding carboxylic acids is 5. The first-order valence-corrected chi connectivity index (χ1v) is 21.3. The number of rotatable bonds is 6. The first kappa shape index (κ1) is 39.0. The van der Waals surface area contributed by atoms with E-state index in [0.717, 1.165) is 105 Å². The van der Waals surface area contributed by atoms with Crippen molar-refractivity contribution in [1.82, 2.24) is 20.0 Å². The number of carbonyl (C=O) groups is 5. The van der Waals surface area contributed by atoms with Gasteiger partial charge in [0.1, 0.15) is 6.04 Å². The Bertz CT molecular complexity index is 2230. The van der Waals surface area contributed by atoms with Gasteiger partial charge in [0.2, 0.25) is 17.5 Å². The first-order chi connectivity index (χ1) is 28.5. The molecule has 13 nitrogen and oxygen atoms in total. The fourth-order valence-corrected chi connectivity index (χ4v) is 10.7. The van der Waals surface area contributed by atoms with Crippen LogP contribution in [0.25, 0.3) is 4.85 Å². The predicted molar refractivity (Wildman–Crippen MR) is 225 cm³/mol. The molecule has 14 heteroatoms. The molecule has 1 spiro atoms. The lowest BCUT2D eigenvalue weighted by Gasteiger charge is -2.44. The fraction of sp³-hybridized carbons (Fsp3) is 0.467. The van der Waals surface area contributed by atoms with Crippen molar-refractivity contribution in [3.05, 3.63) is 93.8 Å². The second-order valence-corrected chi connectivity index (χ2v) is 17.4. The summed E-state index contributed by atoms with van der Waals surface area (Å²) in [6, 6.07) is 19.1. The molecule has 3 aromatic carbocycles. The summed E-state index contributed by atoms with van der Waals surface area (Å²) in [7, 11) is 0. The summed E-state index contributed by atoms with van der Waals surface area (Å²) in [6.45, 7) is 17.2. The molecule has 0 aromatic heterocycles. The van der Waals surface area contributed by atoms with E-state index >= 15 is 0 Å². The van der Waals surface area contributed by atoms with E-state index in [-0.39, 0.29) is 29.7 Å². The van der Waals surface area contributed by atoms with Crippen LogP contribution in [0, 0.1) is 12.0 Å². The van der Waals surface area contributed by atoms with Gasteiger partial charge in [0.15, 0.2) is 0 Å². The molecule has 306 valence electrons. The molecule has 5 amide bonds. The van der Waals surface area contributed by atoms with Crippen molar-refractivity contribution in [2.24, 2.45) is 5.41 Å². The number of imide groups is 2. The van der Waals surface area contributed by atoms with Gasteiger partial charge >= 0.3 is 0 Å². The Balaban J connectivity index is 0.737. The van der Waals surface area contributed by atoms with Crippen LogP contribution in [-0.2, 0) is 9.59 Å². The summed E-state index contributed by atoms with van der Waals surface area (Å²) >= 11 is 6.39. The minimum atomic E-state index is -0.978. The number of hydrogen-bond donors (Lipinski definition) is 1. The molecule has 0 saturated carbocycles. The average Bonchev–Trinajstić information content (AvgIpc) is 3.71. The Morgan fingerprint density at radius 2 is 1.39 bits per heavy atom. The number of amides is 5. The van der Waals surface area contributed by atoms with Crippen LogP contribution in [0.2, 0.25) is 5.02 Å². The van der Waals surface area contributed by atoms with Crippen LogP contribution < -0.4 is 20.0 Å². The van der Waals surface area contributed by atoms with E-state index in [1.54, 1.807) is 12.1 Å². The van der Waals surface area contributed by atoms with Crippen molar-refractivity contribution in [3.8, 4) is 0 Å². The Kier molecular flexibility index (Phi) is 10.3. The lowest BCUT2D eigenvalue weighted by atomic mass is 9.73. The molecule has 6 heterocycles. The number of piperazine rings is 1. The summed E-state index contributed by atoms with van der Waals surface area (Å²) < 4.78 is 0. The summed E-state index contributed by atoms with van der Waals surface area (Å²) in [6.07, 6.45) is 5.47. The molecule has 0 aliphatic carbocycles. The first-order valence-electron chi connectivity index (χ1n) is 21.0. The van der Waals surface area contributed by atoms with Gasteiger partial charge < -0.3 is 19.6 Å². The largest absolute Gasteiger partial charge is 0.371 e. The summed E-state index contributed by atoms with van der Waals surface area (Å²) in [4.78, 5) is 80.4. The van der Waals surface area contributed by atoms with E-state index < -0.39 is 29.7 Å². The van der Waals surface area contributed by atoms with Gasteiger partial charge in [-0.25, -0.2) is 4.85 Å². The van der Waals surface area contributed by atoms with E-state index in [2.05, 4.69) is 48.8 Å². The molecule has 1 unspecified atom stereocenters. The smallest absolute Gasteiger partial charge is 0.262 e. The van der Waals surface area contributed by atoms with Crippen molar-refractivity contribution in [3.63, 3.8) is 0 Å². The van der Waals surface area contributed by atoms with E-state index in [4.69, 9.17) is 18.2 Å². The Morgan fingerprint density at radius 3 is 2.07 bits per heavy atom. The maximum absolute atomic E-state index is 13.6. The van der Waals surface area contributed by atoms with Crippen LogP contribution in [0.3, 0.4) is 0 Å². The van der Waals surface area contributed by atoms with Gasteiger partial charge in [0.05, 0.1) is 17.7 Å². The number of nitrogens with one attached hydrogen (secondary N) is 1. The molecule has 3 aromatic rings. The van der Waals surface area contributed by atoms with Crippen molar-refractivity contribution in [2.45, 2.75) is 70.0 Å². The van der Waals surface area contributed by atoms with Crippen molar-refractivity contribution < 1.29 is 24.0 Å². The molecular weight excluding hydrogens is 768 g/mol. The third-order valence-electron chi connectivity index (χ3n) is 14.2. The maximum Gasteiger partial charge on any atom is 0.262 e. The van der Waals surface area contributed by atoms with Crippen LogP contribution in [0.15, 0.2) is 60.7 Å². The SMILES string of the molecule is [C-]#[N+]c1ccc(N2CCC3(CCN(c4ccc(C(=O)N5CCN(C6CCN(c7ccc8c(c7)C(=O)N(C7CCC(=O)NC7=O)C8=O)CC6)CC5)cc4)CC3)[C@H]2C)cc1Cl. The van der Waals surface area contributed by atoms with E-state index in [0.29, 0.717) is 41.4 Å². The second-order valence-electron chi connectivity index (χ2n) is 17.0. The topological polar surface area (TPSA) is 121 Å². The predicted octanol–water partition coefficient (Wildman–Crippen LogP) is 5.60. The highest BCUT2D eigenvalue weighted by atomic mass is 35.5. The standard InChI is InChI=1S/C45H49ClN8O5/c1-29-45(17-22-53(29)34-8-10-38(47-2)37(46)28-34)15-20-50(21-16-45)31-5-3-30(4-6-31)42(57)52-25-23-51(24-26-52)32-13-18-49(19-14-32)33-7-9-35-36(27-33)44(59)54(43(35)58)39-11-12-40(55)48-41(39)56/h3-10,27-29,32,39H,11-26H2,1H3,(H,48,55,56)/t29-,39?/m1/s1. The third kappa shape index (κ3) is 7.10. The number of hydrogen-bond acceptors (Lipinski definition) is 9. The minimum absolute atomic E-state index is 0.0776. The molecule has 59 heavy (non-hydrogen) atoms. The van der Waals surface area contributed by atoms with Crippen molar-refractivity contribution in [1.29, 1.82) is 0 Å². The van der Waals surface area contributed by atoms with Gasteiger partial charge in [-0.2, -0.15) is 0 Å². The fourth-order valence-electron chi connectivity index (χ4n) is 10.5. The summed E-state index contributed by atoms with van der Waals surface area (Å²) in [5, 5.41) is 2.76. The molecule has 0 bridgehead atoms. The molecule has 9 rings (SSSR count). The van der Waals surface area contributed by atoms with Crippen LogP contribution in [0.1, 0.15) is 82.9 Å². The van der Waals surface area contributed by atoms with Gasteiger partial charge in [-0.3, -0.25) is 39.1 Å². The number of benzene rings is 3. The van der Waals surface area contributed by atoms with Crippen LogP contribution in [0.5, 0.6) is 0 Å². The van der Waals surface area contributed by atoms with Crippen LogP contribution in [0.4, 0.5) is 22.7 Å². The number of nitrogens with zero attached hydrogens (tertiary/aromatic N) is 7. The summed E-state index contributed by atoms with van der Waals surface area (Å²) in [5.74, 6) is -1.91. The van der Waals surface area contributed by atoms with Gasteiger partial charge in [0, 0.05) is 105 Å². The number of halogens is 1. The van der Waals surface area contributed by atoms with E-state index in [1.807, 2.05) is 41.3 Å². The zero-order chi connectivity index (χ0) is 41.0. The zero-order valence-corrected chi connectivity index (χ0v) is 34.1. The highest BCUT2D eigenvalue weighted by Gasteiger charge is 2.47. The number of fused-ring (bicyclic) bond motifs is 1. The summed E-state index contributed by atoms with van der Waals surface area (Å²) in [5.41, 5.74) is 5.18. The van der Waals surface area contributed by atoms with Gasteiger partial charge in [-0.15, -0.1) is 0 Å². The van der Waals surface area contributed by atoms with Crippen molar-refractivity contribution in [2.75, 3.05) is 73.6 Å². The van der Waals surface area contributed by atoms with Gasteiger partial charge in [-0.1, -0.05) is 17.7 Å². The molecule has 2 atom stereocenters. The zero-order valence-electron chi connectivity index (χ0n) is 33.4. The normalized spacial score (nSPS) is 23.8. The van der Waals surface area contributed by atoms with Crippen molar-refractivity contribution >= 4 is 63.9 Å². The van der Waals surface area contributed by atoms with E-state index in [9.17, 15) is 24.0 Å². The number of piperidine rings is 3. The van der Waals surface area contributed by atoms with Crippen LogP contribution >= 0.6 is 11.6 Å². The Hall–Kier alpha value is -5.45.